The number of fused-ring (bicyclic) bond motifs is 2. The molecule has 0 radical (unpaired) electrons. The molecule has 5 rings (SSSR count). The van der Waals surface area contributed by atoms with Gasteiger partial charge in [-0.1, -0.05) is 18.2 Å². The van der Waals surface area contributed by atoms with Crippen LogP contribution in [0.5, 0.6) is 5.75 Å². The van der Waals surface area contributed by atoms with E-state index in [1.165, 1.54) is 12.1 Å². The van der Waals surface area contributed by atoms with Crippen LogP contribution in [0.4, 0.5) is 8.78 Å². The molecule has 196 valence electrons. The van der Waals surface area contributed by atoms with Gasteiger partial charge in [0.15, 0.2) is 0 Å². The Morgan fingerprint density at radius 1 is 1.29 bits per heavy atom. The van der Waals surface area contributed by atoms with Gasteiger partial charge in [-0.2, -0.15) is 10.4 Å². The van der Waals surface area contributed by atoms with Crippen molar-refractivity contribution in [1.29, 1.82) is 5.26 Å². The molecule has 2 aromatic heterocycles. The number of halogens is 2. The van der Waals surface area contributed by atoms with Crippen molar-refractivity contribution in [3.8, 4) is 11.8 Å². The van der Waals surface area contributed by atoms with Crippen LogP contribution in [-0.4, -0.2) is 67.9 Å². The van der Waals surface area contributed by atoms with E-state index in [1.807, 2.05) is 6.07 Å². The smallest absolute Gasteiger partial charge is 0.275 e. The largest absolute Gasteiger partial charge is 0.486 e. The van der Waals surface area contributed by atoms with Crippen LogP contribution in [0.3, 0.4) is 0 Å². The van der Waals surface area contributed by atoms with E-state index >= 15 is 0 Å². The van der Waals surface area contributed by atoms with E-state index in [0.29, 0.717) is 46.3 Å². The number of nitrogens with zero attached hydrogens (tertiary/aromatic N) is 5. The van der Waals surface area contributed by atoms with Gasteiger partial charge in [-0.15, -0.1) is 0 Å². The van der Waals surface area contributed by atoms with Crippen molar-refractivity contribution in [2.75, 3.05) is 19.8 Å². The van der Waals surface area contributed by atoms with Crippen LogP contribution < -0.4 is 10.3 Å². The number of aliphatic hydroxyl groups excluding tert-OH is 1. The van der Waals surface area contributed by atoms with Crippen LogP contribution in [0, 0.1) is 11.3 Å². The summed E-state index contributed by atoms with van der Waals surface area (Å²) in [6.45, 7) is -0.717. The molecule has 1 aliphatic rings. The molecule has 1 saturated heterocycles. The summed E-state index contributed by atoms with van der Waals surface area (Å²) in [7, 11) is 0. The number of aliphatic hydroxyl groups is 1. The SMILES string of the molecule is N#Cc1cc2[nH]c(Cc3nn(CC(=O)N4CCCC4CO)c(=O)c4ccccc34)nc2cc1OCC(F)F. The summed E-state index contributed by atoms with van der Waals surface area (Å²) in [5, 5.41) is 24.5. The number of imidazole rings is 1. The Bertz CT molecular complexity index is 1610. The van der Waals surface area contributed by atoms with Crippen molar-refractivity contribution < 1.29 is 23.4 Å². The number of amides is 1. The zero-order valence-electron chi connectivity index (χ0n) is 20.2. The lowest BCUT2D eigenvalue weighted by Gasteiger charge is -2.23. The van der Waals surface area contributed by atoms with Crippen molar-refractivity contribution in [3.05, 3.63) is 63.8 Å². The molecule has 0 spiro atoms. The number of carbonyl (C=O) groups is 1. The minimum atomic E-state index is -2.69. The van der Waals surface area contributed by atoms with Gasteiger partial charge in [-0.05, 0) is 25.0 Å². The lowest BCUT2D eigenvalue weighted by molar-refractivity contribution is -0.133. The number of nitrogens with one attached hydrogen (secondary N) is 1. The van der Waals surface area contributed by atoms with Gasteiger partial charge in [0, 0.05) is 18.0 Å². The molecule has 1 amide bonds. The average molecular weight is 523 g/mol. The van der Waals surface area contributed by atoms with Crippen LogP contribution in [0.25, 0.3) is 21.8 Å². The van der Waals surface area contributed by atoms with Crippen molar-refractivity contribution >= 4 is 27.7 Å². The third-order valence-electron chi connectivity index (χ3n) is 6.59. The van der Waals surface area contributed by atoms with Crippen molar-refractivity contribution in [2.45, 2.75) is 38.3 Å². The highest BCUT2D eigenvalue weighted by atomic mass is 19.3. The summed E-state index contributed by atoms with van der Waals surface area (Å²) in [4.78, 5) is 35.3. The minimum absolute atomic E-state index is 0.0112. The van der Waals surface area contributed by atoms with E-state index in [1.54, 1.807) is 29.2 Å². The van der Waals surface area contributed by atoms with Gasteiger partial charge >= 0.3 is 0 Å². The Morgan fingerprint density at radius 3 is 2.82 bits per heavy atom. The second-order valence-corrected chi connectivity index (χ2v) is 9.06. The molecule has 2 aromatic carbocycles. The third kappa shape index (κ3) is 4.92. The van der Waals surface area contributed by atoms with Gasteiger partial charge in [0.2, 0.25) is 5.91 Å². The highest BCUT2D eigenvalue weighted by Gasteiger charge is 2.28. The van der Waals surface area contributed by atoms with Gasteiger partial charge in [-0.25, -0.2) is 18.4 Å². The summed E-state index contributed by atoms with van der Waals surface area (Å²) in [5.74, 6) is 0.183. The molecule has 0 saturated carbocycles. The third-order valence-corrected chi connectivity index (χ3v) is 6.59. The first-order chi connectivity index (χ1) is 18.4. The molecule has 12 heteroatoms. The number of carbonyl (C=O) groups excluding carboxylic acids is 1. The number of alkyl halides is 2. The Kier molecular flexibility index (Phi) is 7.02. The molecule has 38 heavy (non-hydrogen) atoms. The lowest BCUT2D eigenvalue weighted by Crippen LogP contribution is -2.41. The van der Waals surface area contributed by atoms with Gasteiger partial charge < -0.3 is 19.7 Å². The van der Waals surface area contributed by atoms with Gasteiger partial charge in [0.1, 0.15) is 30.8 Å². The second kappa shape index (κ2) is 10.5. The van der Waals surface area contributed by atoms with Crippen LogP contribution in [0.15, 0.2) is 41.2 Å². The van der Waals surface area contributed by atoms with E-state index in [9.17, 15) is 28.7 Å². The number of H-pyrrole nitrogens is 1. The highest BCUT2D eigenvalue weighted by molar-refractivity contribution is 5.85. The van der Waals surface area contributed by atoms with Crippen molar-refractivity contribution in [2.24, 2.45) is 0 Å². The van der Waals surface area contributed by atoms with Gasteiger partial charge in [-0.3, -0.25) is 9.59 Å². The molecule has 1 fully saturated rings. The first-order valence-electron chi connectivity index (χ1n) is 12.1. The molecule has 2 N–H and O–H groups in total. The fourth-order valence-corrected chi connectivity index (χ4v) is 4.81. The first kappa shape index (κ1) is 25.3. The van der Waals surface area contributed by atoms with E-state index in [4.69, 9.17) is 4.74 Å². The number of likely N-dealkylation sites (tertiary alicyclic amines) is 1. The average Bonchev–Trinajstić information content (AvgIpc) is 3.55. The molecule has 3 heterocycles. The van der Waals surface area contributed by atoms with E-state index in [0.717, 1.165) is 11.1 Å². The first-order valence-corrected chi connectivity index (χ1v) is 12.1. The molecular formula is C26H24F2N6O4. The second-order valence-electron chi connectivity index (χ2n) is 9.06. The number of benzene rings is 2. The Hall–Kier alpha value is -4.37. The number of nitriles is 1. The summed E-state index contributed by atoms with van der Waals surface area (Å²) in [5.41, 5.74) is 1.12. The van der Waals surface area contributed by atoms with Crippen molar-refractivity contribution in [3.63, 3.8) is 0 Å². The maximum absolute atomic E-state index is 13.2. The van der Waals surface area contributed by atoms with E-state index < -0.39 is 18.6 Å². The van der Waals surface area contributed by atoms with Crippen LogP contribution >= 0.6 is 0 Å². The predicted octanol–water partition coefficient (Wildman–Crippen LogP) is 2.36. The number of rotatable bonds is 8. The quantitative estimate of drug-likeness (QED) is 0.362. The Morgan fingerprint density at radius 2 is 2.08 bits per heavy atom. The molecule has 10 nitrogen and oxygen atoms in total. The number of hydrogen-bond donors (Lipinski definition) is 2. The maximum Gasteiger partial charge on any atom is 0.275 e. The molecule has 1 aliphatic heterocycles. The standard InChI is InChI=1S/C26H24F2N6O4/c27-23(28)14-38-22-9-21-20(8-15(22)11-29)30-24(31-21)10-19-17-5-1-2-6-18(17)26(37)34(32-19)12-25(36)33-7-3-4-16(33)13-35/h1-2,5-6,8-9,16,23,35H,3-4,7,10,12-14H2,(H,30,31). The summed E-state index contributed by atoms with van der Waals surface area (Å²) in [6, 6.07) is 11.5. The van der Waals surface area contributed by atoms with Crippen LogP contribution in [0.1, 0.15) is 29.9 Å². The number of hydrogen-bond acceptors (Lipinski definition) is 7. The Balaban J connectivity index is 1.49. The van der Waals surface area contributed by atoms with E-state index in [2.05, 4.69) is 15.1 Å². The van der Waals surface area contributed by atoms with Crippen LogP contribution in [0.2, 0.25) is 0 Å². The zero-order chi connectivity index (χ0) is 26.8. The zero-order valence-corrected chi connectivity index (χ0v) is 20.2. The molecule has 4 aromatic rings. The maximum atomic E-state index is 13.2. The normalized spacial score (nSPS) is 15.4. The van der Waals surface area contributed by atoms with Crippen LogP contribution in [-0.2, 0) is 17.8 Å². The molecule has 0 bridgehead atoms. The fraction of sp³-hybridized carbons (Fsp3) is 0.346. The van der Waals surface area contributed by atoms with Gasteiger partial charge in [0.25, 0.3) is 12.0 Å². The molecule has 1 unspecified atom stereocenters. The minimum Gasteiger partial charge on any atom is -0.486 e. The summed E-state index contributed by atoms with van der Waals surface area (Å²) < 4.78 is 31.4. The lowest BCUT2D eigenvalue weighted by atomic mass is 10.1. The molecule has 0 aliphatic carbocycles. The highest BCUT2D eigenvalue weighted by Crippen LogP contribution is 2.26. The molecular weight excluding hydrogens is 498 g/mol. The molecule has 1 atom stereocenters. The fourth-order valence-electron chi connectivity index (χ4n) is 4.81. The predicted molar refractivity (Wildman–Crippen MR) is 133 cm³/mol. The van der Waals surface area contributed by atoms with Gasteiger partial charge in [0.05, 0.1) is 46.7 Å². The van der Waals surface area contributed by atoms with E-state index in [-0.39, 0.29) is 42.8 Å². The Labute approximate surface area is 215 Å². The number of ether oxygens (including phenoxy) is 1. The monoisotopic (exact) mass is 522 g/mol. The summed E-state index contributed by atoms with van der Waals surface area (Å²) >= 11 is 0. The van der Waals surface area contributed by atoms with Crippen molar-refractivity contribution in [1.82, 2.24) is 24.6 Å². The number of aromatic amines is 1. The number of aromatic nitrogens is 4. The topological polar surface area (TPSA) is 137 Å². The summed E-state index contributed by atoms with van der Waals surface area (Å²) in [6.07, 6.45) is -1.02.